The number of nitrogens with zero attached hydrogens (tertiary/aromatic N) is 2. The van der Waals surface area contributed by atoms with E-state index in [1.165, 1.54) is 0 Å². The minimum atomic E-state index is -0.299. The molecule has 3 aromatic rings. The van der Waals surface area contributed by atoms with Crippen LogP contribution in [-0.2, 0) is 4.79 Å². The second-order valence-corrected chi connectivity index (χ2v) is 8.34. The van der Waals surface area contributed by atoms with Crippen molar-refractivity contribution in [1.82, 2.24) is 4.90 Å². The summed E-state index contributed by atoms with van der Waals surface area (Å²) in [4.78, 5) is 28.1. The van der Waals surface area contributed by atoms with Crippen molar-refractivity contribution in [2.24, 2.45) is 0 Å². The predicted octanol–water partition coefficient (Wildman–Crippen LogP) is 4.64. The van der Waals surface area contributed by atoms with Crippen LogP contribution in [0.5, 0.6) is 0 Å². The Labute approximate surface area is 194 Å². The van der Waals surface area contributed by atoms with Crippen LogP contribution in [0.4, 0.5) is 27.5 Å². The summed E-state index contributed by atoms with van der Waals surface area (Å²) in [6.45, 7) is 3.32. The third kappa shape index (κ3) is 5.44. The number of rotatable bonds is 5. The largest absolute Gasteiger partial charge is 0.399 e. The van der Waals surface area contributed by atoms with E-state index in [0.717, 1.165) is 42.0 Å². The van der Waals surface area contributed by atoms with Crippen molar-refractivity contribution in [3.8, 4) is 11.1 Å². The zero-order chi connectivity index (χ0) is 23.4. The highest BCUT2D eigenvalue weighted by Gasteiger charge is 2.27. The van der Waals surface area contributed by atoms with Crippen LogP contribution >= 0.6 is 0 Å². The minimum absolute atomic E-state index is 0.0901. The normalized spacial score (nSPS) is 15.2. The van der Waals surface area contributed by atoms with Crippen molar-refractivity contribution in [2.75, 3.05) is 41.4 Å². The Balaban J connectivity index is 1.31. The lowest BCUT2D eigenvalue weighted by atomic mass is 10.1. The Kier molecular flexibility index (Phi) is 6.49. The lowest BCUT2D eigenvalue weighted by Crippen LogP contribution is -2.37. The minimum Gasteiger partial charge on any atom is -0.399 e. The second-order valence-electron chi connectivity index (χ2n) is 8.34. The van der Waals surface area contributed by atoms with Crippen molar-refractivity contribution in [2.45, 2.75) is 19.4 Å². The number of benzene rings is 3. The Morgan fingerprint density at radius 3 is 1.94 bits per heavy atom. The molecule has 0 spiro atoms. The number of nitrogens with one attached hydrogen (secondary N) is 2. The number of anilines is 4. The number of hydrogen-bond donors (Lipinski definition) is 3. The summed E-state index contributed by atoms with van der Waals surface area (Å²) in [5.41, 5.74) is 11.1. The first-order valence-corrected chi connectivity index (χ1v) is 11.0. The molecule has 0 aliphatic carbocycles. The third-order valence-corrected chi connectivity index (χ3v) is 6.08. The van der Waals surface area contributed by atoms with E-state index in [1.54, 1.807) is 6.92 Å². The molecule has 4 rings (SSSR count). The number of hydrogen-bond acceptors (Lipinski definition) is 4. The van der Waals surface area contributed by atoms with Gasteiger partial charge in [-0.05, 0) is 66.1 Å². The number of urea groups is 1. The van der Waals surface area contributed by atoms with Crippen LogP contribution in [-0.4, -0.2) is 43.0 Å². The fraction of sp³-hybridized carbons (Fsp3) is 0.231. The fourth-order valence-corrected chi connectivity index (χ4v) is 4.02. The average molecular weight is 444 g/mol. The van der Waals surface area contributed by atoms with Gasteiger partial charge in [0.05, 0.1) is 6.04 Å². The molecular weight excluding hydrogens is 414 g/mol. The molecule has 1 unspecified atom stereocenters. The lowest BCUT2D eigenvalue weighted by Gasteiger charge is -2.24. The van der Waals surface area contributed by atoms with Gasteiger partial charge < -0.3 is 26.2 Å². The molecule has 3 aromatic carbocycles. The zero-order valence-electron chi connectivity index (χ0n) is 18.9. The Morgan fingerprint density at radius 2 is 1.39 bits per heavy atom. The molecule has 170 valence electrons. The van der Waals surface area contributed by atoms with Gasteiger partial charge >= 0.3 is 6.03 Å². The van der Waals surface area contributed by atoms with Crippen LogP contribution in [0.1, 0.15) is 13.3 Å². The Hall–Kier alpha value is -4.00. The van der Waals surface area contributed by atoms with Gasteiger partial charge in [0, 0.05) is 49.8 Å². The first kappa shape index (κ1) is 22.2. The van der Waals surface area contributed by atoms with Gasteiger partial charge in [-0.15, -0.1) is 0 Å². The van der Waals surface area contributed by atoms with Crippen LogP contribution in [0.25, 0.3) is 11.1 Å². The summed E-state index contributed by atoms with van der Waals surface area (Å²) in [5.74, 6) is 0.0901. The maximum absolute atomic E-state index is 12.4. The molecule has 7 heteroatoms. The van der Waals surface area contributed by atoms with Gasteiger partial charge in [-0.3, -0.25) is 4.79 Å². The molecular formula is C26H29N5O2. The van der Waals surface area contributed by atoms with Crippen LogP contribution < -0.4 is 21.3 Å². The molecule has 33 heavy (non-hydrogen) atoms. The first-order valence-electron chi connectivity index (χ1n) is 11.0. The average Bonchev–Trinajstić information content (AvgIpc) is 3.30. The number of nitrogens with two attached hydrogens (primary N) is 1. The molecule has 0 radical (unpaired) electrons. The number of likely N-dealkylation sites (N-methyl/N-ethyl adjacent to an activating group) is 1. The van der Waals surface area contributed by atoms with E-state index in [1.807, 2.05) is 84.7 Å². The molecule has 7 nitrogen and oxygen atoms in total. The molecule has 0 aromatic heterocycles. The highest BCUT2D eigenvalue weighted by Crippen LogP contribution is 2.25. The molecule has 1 heterocycles. The zero-order valence-corrected chi connectivity index (χ0v) is 18.9. The van der Waals surface area contributed by atoms with E-state index in [9.17, 15) is 9.59 Å². The van der Waals surface area contributed by atoms with Gasteiger partial charge in [0.15, 0.2) is 0 Å². The van der Waals surface area contributed by atoms with E-state index >= 15 is 0 Å². The summed E-state index contributed by atoms with van der Waals surface area (Å²) in [6, 6.07) is 23.0. The standard InChI is InChI=1S/C26H29N5O2/c1-18(32)30(2)25-15-16-31(17-25)24-13-11-23(12-14-24)29-26(33)28-22-9-5-20(6-10-22)19-3-7-21(27)8-4-19/h3-14,25H,15-17,27H2,1-2H3,(H2,28,29,33). The van der Waals surface area contributed by atoms with E-state index < -0.39 is 0 Å². The molecule has 1 atom stereocenters. The predicted molar refractivity (Wildman–Crippen MR) is 134 cm³/mol. The van der Waals surface area contributed by atoms with Gasteiger partial charge in [0.1, 0.15) is 0 Å². The van der Waals surface area contributed by atoms with Crippen molar-refractivity contribution in [3.63, 3.8) is 0 Å². The summed E-state index contributed by atoms with van der Waals surface area (Å²) >= 11 is 0. The lowest BCUT2D eigenvalue weighted by molar-refractivity contribution is -0.129. The SMILES string of the molecule is CC(=O)N(C)C1CCN(c2ccc(NC(=O)Nc3ccc(-c4ccc(N)cc4)cc3)cc2)C1. The van der Waals surface area contributed by atoms with Gasteiger partial charge in [-0.1, -0.05) is 24.3 Å². The summed E-state index contributed by atoms with van der Waals surface area (Å²) in [6.07, 6.45) is 0.954. The quantitative estimate of drug-likeness (QED) is 0.501. The highest BCUT2D eigenvalue weighted by atomic mass is 16.2. The molecule has 1 fully saturated rings. The maximum atomic E-state index is 12.4. The summed E-state index contributed by atoms with van der Waals surface area (Å²) in [5, 5.41) is 5.73. The Morgan fingerprint density at radius 1 is 0.879 bits per heavy atom. The first-order chi connectivity index (χ1) is 15.9. The van der Waals surface area contributed by atoms with Crippen LogP contribution in [0.3, 0.4) is 0 Å². The van der Waals surface area contributed by atoms with E-state index in [0.29, 0.717) is 11.4 Å². The van der Waals surface area contributed by atoms with E-state index in [-0.39, 0.29) is 18.0 Å². The monoisotopic (exact) mass is 443 g/mol. The van der Waals surface area contributed by atoms with Crippen LogP contribution in [0.2, 0.25) is 0 Å². The van der Waals surface area contributed by atoms with Gasteiger partial charge in [-0.2, -0.15) is 0 Å². The van der Waals surface area contributed by atoms with Crippen molar-refractivity contribution in [1.29, 1.82) is 0 Å². The van der Waals surface area contributed by atoms with Crippen LogP contribution in [0, 0.1) is 0 Å². The Bertz CT molecular complexity index is 1110. The molecule has 0 saturated carbocycles. The van der Waals surface area contributed by atoms with Gasteiger partial charge in [0.25, 0.3) is 0 Å². The second kappa shape index (κ2) is 9.65. The van der Waals surface area contributed by atoms with E-state index in [2.05, 4.69) is 15.5 Å². The molecule has 1 aliphatic rings. The smallest absolute Gasteiger partial charge is 0.323 e. The van der Waals surface area contributed by atoms with Crippen molar-refractivity contribution >= 4 is 34.7 Å². The fourth-order valence-electron chi connectivity index (χ4n) is 4.02. The maximum Gasteiger partial charge on any atom is 0.323 e. The number of carbonyl (C=O) groups excluding carboxylic acids is 2. The van der Waals surface area contributed by atoms with Crippen LogP contribution in [0.15, 0.2) is 72.8 Å². The number of amides is 3. The van der Waals surface area contributed by atoms with Crippen molar-refractivity contribution in [3.05, 3.63) is 72.8 Å². The molecule has 0 bridgehead atoms. The molecule has 3 amide bonds. The molecule has 1 saturated heterocycles. The van der Waals surface area contributed by atoms with Gasteiger partial charge in [0.2, 0.25) is 5.91 Å². The third-order valence-electron chi connectivity index (χ3n) is 6.08. The summed E-state index contributed by atoms with van der Waals surface area (Å²) < 4.78 is 0. The van der Waals surface area contributed by atoms with Crippen molar-refractivity contribution < 1.29 is 9.59 Å². The number of carbonyl (C=O) groups is 2. The highest BCUT2D eigenvalue weighted by molar-refractivity contribution is 6.00. The molecule has 4 N–H and O–H groups in total. The number of nitrogen functional groups attached to an aromatic ring is 1. The molecule has 1 aliphatic heterocycles. The van der Waals surface area contributed by atoms with Gasteiger partial charge in [-0.25, -0.2) is 4.79 Å². The topological polar surface area (TPSA) is 90.7 Å². The summed E-state index contributed by atoms with van der Waals surface area (Å²) in [7, 11) is 1.85. The van der Waals surface area contributed by atoms with E-state index in [4.69, 9.17) is 5.73 Å².